The Balaban J connectivity index is 2.64. The lowest BCUT2D eigenvalue weighted by Crippen LogP contribution is -2.40. The molecule has 0 bridgehead atoms. The maximum absolute atomic E-state index is 12.5. The molecule has 0 atom stereocenters. The van der Waals surface area contributed by atoms with Crippen LogP contribution < -0.4 is 4.74 Å². The van der Waals surface area contributed by atoms with Crippen LogP contribution >= 0.6 is 0 Å². The van der Waals surface area contributed by atoms with Crippen molar-refractivity contribution >= 4 is 5.78 Å². The predicted molar refractivity (Wildman–Crippen MR) is 81.3 cm³/mol. The van der Waals surface area contributed by atoms with E-state index in [0.717, 1.165) is 30.6 Å². The molecule has 0 saturated heterocycles. The van der Waals surface area contributed by atoms with Gasteiger partial charge in [0, 0.05) is 13.0 Å². The van der Waals surface area contributed by atoms with Crippen LogP contribution in [0.1, 0.15) is 45.6 Å². The molecule has 1 aromatic rings. The van der Waals surface area contributed by atoms with E-state index in [1.807, 2.05) is 45.0 Å². The number of ether oxygens (including phenoxy) is 2. The Morgan fingerprint density at radius 3 is 2.15 bits per heavy atom. The fraction of sp³-hybridized carbons (Fsp3) is 0.588. The predicted octanol–water partition coefficient (Wildman–Crippen LogP) is 3.79. The number of Topliss-reactive ketones (excluding diaryl/α,β-unsaturated/α-hetero) is 1. The normalized spacial score (nSPS) is 11.4. The number of benzene rings is 1. The Morgan fingerprint density at radius 1 is 1.10 bits per heavy atom. The topological polar surface area (TPSA) is 35.5 Å². The van der Waals surface area contributed by atoms with E-state index in [4.69, 9.17) is 9.47 Å². The zero-order chi connectivity index (χ0) is 15.0. The van der Waals surface area contributed by atoms with Crippen molar-refractivity contribution in [1.82, 2.24) is 0 Å². The zero-order valence-corrected chi connectivity index (χ0v) is 13.1. The molecule has 0 aliphatic rings. The minimum absolute atomic E-state index is 0.208. The van der Waals surface area contributed by atoms with Crippen LogP contribution in [0.3, 0.4) is 0 Å². The third kappa shape index (κ3) is 4.07. The van der Waals surface area contributed by atoms with Crippen molar-refractivity contribution in [1.29, 1.82) is 0 Å². The summed E-state index contributed by atoms with van der Waals surface area (Å²) in [6.45, 7) is 6.56. The van der Waals surface area contributed by atoms with Crippen LogP contribution in [0.4, 0.5) is 0 Å². The lowest BCUT2D eigenvalue weighted by atomic mass is 9.88. The van der Waals surface area contributed by atoms with Gasteiger partial charge >= 0.3 is 0 Å². The Kier molecular flexibility index (Phi) is 6.73. The fourth-order valence-electron chi connectivity index (χ4n) is 2.48. The third-order valence-electron chi connectivity index (χ3n) is 3.87. The fourth-order valence-corrected chi connectivity index (χ4v) is 2.48. The van der Waals surface area contributed by atoms with E-state index in [9.17, 15) is 4.79 Å². The van der Waals surface area contributed by atoms with Gasteiger partial charge in [-0.3, -0.25) is 4.79 Å². The van der Waals surface area contributed by atoms with Crippen LogP contribution in [0.2, 0.25) is 0 Å². The number of carbonyl (C=O) groups excluding carboxylic acids is 1. The molecule has 1 rings (SSSR count). The molecule has 0 fully saturated rings. The molecule has 1 aromatic carbocycles. The van der Waals surface area contributed by atoms with E-state index in [0.29, 0.717) is 13.0 Å². The van der Waals surface area contributed by atoms with Gasteiger partial charge in [-0.1, -0.05) is 26.0 Å². The molecule has 0 heterocycles. The van der Waals surface area contributed by atoms with Crippen LogP contribution in [-0.2, 0) is 16.0 Å². The van der Waals surface area contributed by atoms with Crippen molar-refractivity contribution in [3.63, 3.8) is 0 Å². The maximum atomic E-state index is 12.5. The van der Waals surface area contributed by atoms with Gasteiger partial charge in [0.2, 0.25) is 0 Å². The second-order valence-electron chi connectivity index (χ2n) is 4.91. The first-order valence-electron chi connectivity index (χ1n) is 7.42. The number of hydrogen-bond acceptors (Lipinski definition) is 3. The Labute approximate surface area is 122 Å². The molecule has 20 heavy (non-hydrogen) atoms. The second-order valence-corrected chi connectivity index (χ2v) is 4.91. The molecule has 0 aliphatic carbocycles. The quantitative estimate of drug-likeness (QED) is 0.689. The molecular weight excluding hydrogens is 252 g/mol. The monoisotopic (exact) mass is 278 g/mol. The molecule has 0 aromatic heterocycles. The highest BCUT2D eigenvalue weighted by atomic mass is 16.5. The lowest BCUT2D eigenvalue weighted by Gasteiger charge is -2.30. The van der Waals surface area contributed by atoms with Crippen LogP contribution in [0.25, 0.3) is 0 Å². The van der Waals surface area contributed by atoms with Gasteiger partial charge in [-0.2, -0.15) is 0 Å². The molecule has 0 N–H and O–H groups in total. The van der Waals surface area contributed by atoms with Gasteiger partial charge in [0.25, 0.3) is 0 Å². The van der Waals surface area contributed by atoms with E-state index in [2.05, 4.69) is 0 Å². The van der Waals surface area contributed by atoms with Crippen LogP contribution in [0, 0.1) is 0 Å². The van der Waals surface area contributed by atoms with Crippen LogP contribution in [0.15, 0.2) is 24.3 Å². The summed E-state index contributed by atoms with van der Waals surface area (Å²) >= 11 is 0. The first-order chi connectivity index (χ1) is 9.61. The molecule has 0 radical (unpaired) electrons. The molecule has 0 unspecified atom stereocenters. The molecule has 0 aliphatic heterocycles. The number of ketones is 1. The first-order valence-corrected chi connectivity index (χ1v) is 7.42. The van der Waals surface area contributed by atoms with Crippen molar-refractivity contribution in [2.75, 3.05) is 13.7 Å². The summed E-state index contributed by atoms with van der Waals surface area (Å²) in [5.74, 6) is 1.05. The summed E-state index contributed by atoms with van der Waals surface area (Å²) in [7, 11) is 1.65. The second kappa shape index (κ2) is 8.05. The summed E-state index contributed by atoms with van der Waals surface area (Å²) in [6, 6.07) is 7.86. The van der Waals surface area contributed by atoms with E-state index in [1.165, 1.54) is 0 Å². The van der Waals surface area contributed by atoms with Gasteiger partial charge in [-0.05, 0) is 43.9 Å². The maximum Gasteiger partial charge on any atom is 0.164 e. The average Bonchev–Trinajstić information content (AvgIpc) is 2.50. The molecular formula is C17H26O3. The third-order valence-corrected chi connectivity index (χ3v) is 3.87. The number of aryl methyl sites for hydroxylation is 1. The minimum atomic E-state index is -0.596. The van der Waals surface area contributed by atoms with Crippen LogP contribution in [-0.4, -0.2) is 25.1 Å². The summed E-state index contributed by atoms with van der Waals surface area (Å²) < 4.78 is 10.9. The summed E-state index contributed by atoms with van der Waals surface area (Å²) in [6.07, 6.45) is 2.74. The number of methoxy groups -OCH3 is 1. The Hall–Kier alpha value is -1.35. The number of rotatable bonds is 9. The number of hydrogen-bond donors (Lipinski definition) is 0. The van der Waals surface area contributed by atoms with Crippen molar-refractivity contribution in [3.05, 3.63) is 29.8 Å². The van der Waals surface area contributed by atoms with Crippen LogP contribution in [0.5, 0.6) is 5.75 Å². The average molecular weight is 278 g/mol. The van der Waals surface area contributed by atoms with Crippen molar-refractivity contribution in [2.45, 2.75) is 52.1 Å². The number of carbonyl (C=O) groups is 1. The Bertz CT molecular complexity index is 405. The van der Waals surface area contributed by atoms with E-state index >= 15 is 0 Å². The Morgan fingerprint density at radius 2 is 1.70 bits per heavy atom. The van der Waals surface area contributed by atoms with E-state index < -0.39 is 5.60 Å². The van der Waals surface area contributed by atoms with Crippen molar-refractivity contribution in [2.24, 2.45) is 0 Å². The molecule has 0 saturated carbocycles. The van der Waals surface area contributed by atoms with Crippen molar-refractivity contribution in [3.8, 4) is 5.75 Å². The van der Waals surface area contributed by atoms with Gasteiger partial charge in [0.1, 0.15) is 11.4 Å². The van der Waals surface area contributed by atoms with Gasteiger partial charge in [0.05, 0.1) is 7.11 Å². The highest BCUT2D eigenvalue weighted by Gasteiger charge is 2.34. The van der Waals surface area contributed by atoms with Crippen molar-refractivity contribution < 1.29 is 14.3 Å². The molecule has 3 nitrogen and oxygen atoms in total. The highest BCUT2D eigenvalue weighted by molar-refractivity contribution is 5.87. The molecule has 0 amide bonds. The van der Waals surface area contributed by atoms with Gasteiger partial charge in [-0.25, -0.2) is 0 Å². The van der Waals surface area contributed by atoms with Gasteiger partial charge in [0.15, 0.2) is 5.78 Å². The summed E-state index contributed by atoms with van der Waals surface area (Å²) in [5.41, 5.74) is 0.554. The standard InChI is InChI=1S/C17H26O3/c1-5-17(6-2,20-7-3)16(18)13-10-14-8-11-15(19-4)12-9-14/h8-9,11-12H,5-7,10,13H2,1-4H3. The zero-order valence-electron chi connectivity index (χ0n) is 13.1. The van der Waals surface area contributed by atoms with E-state index in [-0.39, 0.29) is 5.78 Å². The first kappa shape index (κ1) is 16.7. The summed E-state index contributed by atoms with van der Waals surface area (Å²) in [5, 5.41) is 0. The summed E-state index contributed by atoms with van der Waals surface area (Å²) in [4.78, 5) is 12.5. The minimum Gasteiger partial charge on any atom is -0.497 e. The van der Waals surface area contributed by atoms with E-state index in [1.54, 1.807) is 7.11 Å². The smallest absolute Gasteiger partial charge is 0.164 e. The van der Waals surface area contributed by atoms with Gasteiger partial charge < -0.3 is 9.47 Å². The van der Waals surface area contributed by atoms with Gasteiger partial charge in [-0.15, -0.1) is 0 Å². The molecule has 3 heteroatoms. The lowest BCUT2D eigenvalue weighted by molar-refractivity contribution is -0.145. The highest BCUT2D eigenvalue weighted by Crippen LogP contribution is 2.24. The SMILES string of the molecule is CCOC(CC)(CC)C(=O)CCc1ccc(OC)cc1. The molecule has 112 valence electrons. The molecule has 0 spiro atoms. The largest absolute Gasteiger partial charge is 0.497 e.